The number of rotatable bonds is 1. The second kappa shape index (κ2) is 4.58. The zero-order valence-corrected chi connectivity index (χ0v) is 10.5. The summed E-state index contributed by atoms with van der Waals surface area (Å²) in [4.78, 5) is 11.7. The van der Waals surface area contributed by atoms with Gasteiger partial charge in [0, 0.05) is 16.9 Å². The molecular weight excluding hydrogens is 247 g/mol. The Morgan fingerprint density at radius 3 is 2.67 bits per heavy atom. The number of thioether (sulfide) groups is 1. The normalized spacial score (nSPS) is 14.4. The molecule has 0 N–H and O–H groups in total. The molecule has 18 heavy (non-hydrogen) atoms. The monoisotopic (exact) mass is 258 g/mol. The number of ketones is 1. The van der Waals surface area contributed by atoms with Gasteiger partial charge in [0.05, 0.1) is 5.75 Å². The van der Waals surface area contributed by atoms with Crippen LogP contribution in [0.25, 0.3) is 11.1 Å². The molecule has 0 unspecified atom stereocenters. The summed E-state index contributed by atoms with van der Waals surface area (Å²) in [6.07, 6.45) is 0. The number of hydrogen-bond donors (Lipinski definition) is 0. The maximum Gasteiger partial charge on any atom is 0.173 e. The summed E-state index contributed by atoms with van der Waals surface area (Å²) in [5, 5.41) is 0. The lowest BCUT2D eigenvalue weighted by atomic mass is 9.97. The van der Waals surface area contributed by atoms with E-state index in [0.29, 0.717) is 11.3 Å². The van der Waals surface area contributed by atoms with E-state index in [1.165, 1.54) is 6.07 Å². The molecule has 1 aliphatic heterocycles. The Morgan fingerprint density at radius 1 is 1.00 bits per heavy atom. The van der Waals surface area contributed by atoms with E-state index in [4.69, 9.17) is 0 Å². The van der Waals surface area contributed by atoms with E-state index >= 15 is 0 Å². The maximum atomic E-state index is 13.7. The van der Waals surface area contributed by atoms with Gasteiger partial charge in [-0.1, -0.05) is 30.3 Å². The SMILES string of the molecule is O=C1CSCc2cc(-c3ccccc3F)ccc21. The number of fused-ring (bicyclic) bond motifs is 1. The number of hydrogen-bond acceptors (Lipinski definition) is 2. The van der Waals surface area contributed by atoms with Gasteiger partial charge in [-0.25, -0.2) is 4.39 Å². The van der Waals surface area contributed by atoms with Gasteiger partial charge < -0.3 is 0 Å². The van der Waals surface area contributed by atoms with Gasteiger partial charge in [0.15, 0.2) is 5.78 Å². The van der Waals surface area contributed by atoms with Crippen LogP contribution in [0.4, 0.5) is 4.39 Å². The summed E-state index contributed by atoms with van der Waals surface area (Å²) in [6, 6.07) is 12.3. The average molecular weight is 258 g/mol. The minimum Gasteiger partial charge on any atom is -0.293 e. The number of halogens is 1. The highest BCUT2D eigenvalue weighted by Crippen LogP contribution is 2.30. The van der Waals surface area contributed by atoms with Crippen LogP contribution in [0.3, 0.4) is 0 Å². The summed E-state index contributed by atoms with van der Waals surface area (Å²) in [5.74, 6) is 1.31. The lowest BCUT2D eigenvalue weighted by Gasteiger charge is -2.15. The summed E-state index contributed by atoms with van der Waals surface area (Å²) in [7, 11) is 0. The van der Waals surface area contributed by atoms with Crippen molar-refractivity contribution in [3.63, 3.8) is 0 Å². The van der Waals surface area contributed by atoms with Crippen molar-refractivity contribution in [1.29, 1.82) is 0 Å². The minimum absolute atomic E-state index is 0.168. The van der Waals surface area contributed by atoms with Gasteiger partial charge in [0.2, 0.25) is 0 Å². The third-order valence-corrected chi connectivity index (χ3v) is 4.06. The third-order valence-electron chi connectivity index (χ3n) is 3.08. The highest BCUT2D eigenvalue weighted by molar-refractivity contribution is 7.99. The van der Waals surface area contributed by atoms with Crippen LogP contribution in [0.1, 0.15) is 15.9 Å². The van der Waals surface area contributed by atoms with Crippen molar-refractivity contribution >= 4 is 17.5 Å². The predicted octanol–water partition coefficient (Wildman–Crippen LogP) is 3.92. The van der Waals surface area contributed by atoms with E-state index in [1.54, 1.807) is 23.9 Å². The quantitative estimate of drug-likeness (QED) is 0.771. The molecule has 0 fully saturated rings. The molecular formula is C15H11FOS. The standard InChI is InChI=1S/C15H11FOS/c16-14-4-2-1-3-12(14)10-5-6-13-11(7-10)8-18-9-15(13)17/h1-7H,8-9H2. The van der Waals surface area contributed by atoms with Gasteiger partial charge in [-0.15, -0.1) is 11.8 Å². The summed E-state index contributed by atoms with van der Waals surface area (Å²) in [5.41, 5.74) is 3.22. The molecule has 0 saturated heterocycles. The average Bonchev–Trinajstić information content (AvgIpc) is 2.39. The van der Waals surface area contributed by atoms with E-state index in [0.717, 1.165) is 22.4 Å². The zero-order chi connectivity index (χ0) is 12.5. The second-order valence-corrected chi connectivity index (χ2v) is 5.25. The molecule has 1 heterocycles. The molecule has 0 aromatic heterocycles. The van der Waals surface area contributed by atoms with Crippen LogP contribution in [0, 0.1) is 5.82 Å². The first kappa shape index (κ1) is 11.5. The van der Waals surface area contributed by atoms with Gasteiger partial charge in [-0.05, 0) is 23.3 Å². The minimum atomic E-state index is -0.229. The van der Waals surface area contributed by atoms with Crippen molar-refractivity contribution < 1.29 is 9.18 Å². The fraction of sp³-hybridized carbons (Fsp3) is 0.133. The van der Waals surface area contributed by atoms with Gasteiger partial charge in [-0.2, -0.15) is 0 Å². The lowest BCUT2D eigenvalue weighted by molar-refractivity contribution is 0.102. The molecule has 2 aromatic carbocycles. The van der Waals surface area contributed by atoms with E-state index in [2.05, 4.69) is 0 Å². The molecule has 0 aliphatic carbocycles. The van der Waals surface area contributed by atoms with Gasteiger partial charge in [0.25, 0.3) is 0 Å². The predicted molar refractivity (Wildman–Crippen MR) is 72.3 cm³/mol. The molecule has 90 valence electrons. The first-order chi connectivity index (χ1) is 8.75. The molecule has 0 saturated carbocycles. The Hall–Kier alpha value is -1.61. The zero-order valence-electron chi connectivity index (χ0n) is 9.65. The van der Waals surface area contributed by atoms with Crippen LogP contribution in [0.15, 0.2) is 42.5 Å². The molecule has 0 radical (unpaired) electrons. The Kier molecular flexibility index (Phi) is 2.92. The molecule has 0 bridgehead atoms. The summed E-state index contributed by atoms with van der Waals surface area (Å²) >= 11 is 1.61. The second-order valence-electron chi connectivity index (χ2n) is 4.27. The highest BCUT2D eigenvalue weighted by atomic mass is 32.2. The molecule has 2 aromatic rings. The van der Waals surface area contributed by atoms with Crippen molar-refractivity contribution in [3.05, 3.63) is 59.4 Å². The van der Waals surface area contributed by atoms with Crippen LogP contribution in [-0.4, -0.2) is 11.5 Å². The fourth-order valence-electron chi connectivity index (χ4n) is 2.18. The Balaban J connectivity index is 2.10. The Bertz CT molecular complexity index is 622. The van der Waals surface area contributed by atoms with Crippen LogP contribution >= 0.6 is 11.8 Å². The topological polar surface area (TPSA) is 17.1 Å². The molecule has 3 heteroatoms. The fourth-order valence-corrected chi connectivity index (χ4v) is 3.08. The van der Waals surface area contributed by atoms with Crippen molar-refractivity contribution in [3.8, 4) is 11.1 Å². The van der Waals surface area contributed by atoms with Crippen LogP contribution in [0.2, 0.25) is 0 Å². The number of Topliss-reactive ketones (excluding diaryl/α,β-unsaturated/α-hetero) is 1. The third kappa shape index (κ3) is 1.95. The Labute approximate surface area is 109 Å². The molecule has 0 spiro atoms. The number of benzene rings is 2. The van der Waals surface area contributed by atoms with Crippen molar-refractivity contribution in [1.82, 2.24) is 0 Å². The molecule has 1 aliphatic rings. The first-order valence-corrected chi connectivity index (χ1v) is 6.90. The van der Waals surface area contributed by atoms with Crippen molar-refractivity contribution in [2.24, 2.45) is 0 Å². The summed E-state index contributed by atoms with van der Waals surface area (Å²) < 4.78 is 13.7. The van der Waals surface area contributed by atoms with E-state index in [9.17, 15) is 9.18 Å². The van der Waals surface area contributed by atoms with E-state index < -0.39 is 0 Å². The highest BCUT2D eigenvalue weighted by Gasteiger charge is 2.18. The van der Waals surface area contributed by atoms with E-state index in [-0.39, 0.29) is 11.6 Å². The van der Waals surface area contributed by atoms with Gasteiger partial charge >= 0.3 is 0 Å². The van der Waals surface area contributed by atoms with Crippen LogP contribution < -0.4 is 0 Å². The first-order valence-electron chi connectivity index (χ1n) is 5.74. The largest absolute Gasteiger partial charge is 0.293 e. The van der Waals surface area contributed by atoms with Crippen molar-refractivity contribution in [2.45, 2.75) is 5.75 Å². The van der Waals surface area contributed by atoms with Crippen molar-refractivity contribution in [2.75, 3.05) is 5.75 Å². The smallest absolute Gasteiger partial charge is 0.173 e. The molecule has 0 amide bonds. The molecule has 1 nitrogen and oxygen atoms in total. The molecule has 0 atom stereocenters. The maximum absolute atomic E-state index is 13.7. The Morgan fingerprint density at radius 2 is 1.83 bits per heavy atom. The lowest BCUT2D eigenvalue weighted by Crippen LogP contribution is -2.11. The summed E-state index contributed by atoms with van der Waals surface area (Å²) in [6.45, 7) is 0. The van der Waals surface area contributed by atoms with Gasteiger partial charge in [0.1, 0.15) is 5.82 Å². The molecule has 3 rings (SSSR count). The van der Waals surface area contributed by atoms with Gasteiger partial charge in [-0.3, -0.25) is 4.79 Å². The van der Waals surface area contributed by atoms with E-state index in [1.807, 2.05) is 24.3 Å². The number of carbonyl (C=O) groups is 1. The number of carbonyl (C=O) groups excluding carboxylic acids is 1. The van der Waals surface area contributed by atoms with Crippen LogP contribution in [-0.2, 0) is 5.75 Å². The van der Waals surface area contributed by atoms with Crippen LogP contribution in [0.5, 0.6) is 0 Å².